The fraction of sp³-hybridized carbons (Fsp3) is 0.647. The summed E-state index contributed by atoms with van der Waals surface area (Å²) < 4.78 is 6.05. The second kappa shape index (κ2) is 6.49. The van der Waals surface area contributed by atoms with E-state index in [1.807, 2.05) is 18.2 Å². The van der Waals surface area contributed by atoms with Gasteiger partial charge in [0.1, 0.15) is 11.9 Å². The number of hydrogen-bond donors (Lipinski definition) is 2. The molecule has 0 spiro atoms. The molecule has 2 N–H and O–H groups in total. The highest BCUT2D eigenvalue weighted by molar-refractivity contribution is 5.57. The van der Waals surface area contributed by atoms with Crippen LogP contribution in [0.2, 0.25) is 0 Å². The van der Waals surface area contributed by atoms with Gasteiger partial charge >= 0.3 is 0 Å². The summed E-state index contributed by atoms with van der Waals surface area (Å²) in [5.41, 5.74) is 1.12. The van der Waals surface area contributed by atoms with Gasteiger partial charge in [0.05, 0.1) is 12.2 Å². The van der Waals surface area contributed by atoms with Gasteiger partial charge in [-0.15, -0.1) is 0 Å². The monoisotopic (exact) mass is 274 g/mol. The van der Waals surface area contributed by atoms with Crippen LogP contribution in [0.5, 0.6) is 5.75 Å². The van der Waals surface area contributed by atoms with Crippen molar-refractivity contribution in [1.82, 2.24) is 5.32 Å². The molecule has 110 valence electrons. The number of ether oxygens (including phenoxy) is 1. The maximum Gasteiger partial charge on any atom is 0.142 e. The van der Waals surface area contributed by atoms with Crippen molar-refractivity contribution >= 4 is 5.69 Å². The molecule has 1 aliphatic carbocycles. The minimum absolute atomic E-state index is 0.241. The van der Waals surface area contributed by atoms with E-state index in [1.54, 1.807) is 0 Å². The highest BCUT2D eigenvalue weighted by Gasteiger charge is 2.21. The third-order valence-electron chi connectivity index (χ3n) is 4.59. The molecular formula is C17H26N2O. The minimum atomic E-state index is 0.241. The molecule has 20 heavy (non-hydrogen) atoms. The zero-order valence-electron chi connectivity index (χ0n) is 12.4. The average Bonchev–Trinajstić information content (AvgIpc) is 2.69. The molecule has 0 aromatic heterocycles. The highest BCUT2D eigenvalue weighted by atomic mass is 16.5. The molecule has 3 unspecified atom stereocenters. The van der Waals surface area contributed by atoms with Crippen molar-refractivity contribution in [3.63, 3.8) is 0 Å². The van der Waals surface area contributed by atoms with E-state index in [2.05, 4.69) is 23.6 Å². The lowest BCUT2D eigenvalue weighted by Crippen LogP contribution is -2.43. The van der Waals surface area contributed by atoms with Crippen molar-refractivity contribution in [1.29, 1.82) is 0 Å². The molecule has 1 heterocycles. The summed E-state index contributed by atoms with van der Waals surface area (Å²) in [6.07, 6.45) is 7.01. The molecule has 1 saturated carbocycles. The number of fused-ring (bicyclic) bond motifs is 1. The molecule has 1 aromatic carbocycles. The average molecular weight is 274 g/mol. The first-order valence-corrected chi connectivity index (χ1v) is 8.04. The number of rotatable bonds is 3. The fourth-order valence-corrected chi connectivity index (χ4v) is 3.26. The molecule has 1 fully saturated rings. The SMILES string of the molecule is CC1CCCC(NCC2CNc3ccccc3O2)CC1. The summed E-state index contributed by atoms with van der Waals surface area (Å²) in [5, 5.41) is 7.17. The van der Waals surface area contributed by atoms with E-state index in [1.165, 1.54) is 32.1 Å². The van der Waals surface area contributed by atoms with E-state index in [-0.39, 0.29) is 6.10 Å². The van der Waals surface area contributed by atoms with E-state index in [4.69, 9.17) is 4.74 Å². The van der Waals surface area contributed by atoms with Gasteiger partial charge in [0.25, 0.3) is 0 Å². The van der Waals surface area contributed by atoms with Crippen molar-refractivity contribution in [2.45, 2.75) is 51.2 Å². The quantitative estimate of drug-likeness (QED) is 0.829. The second-order valence-electron chi connectivity index (χ2n) is 6.34. The zero-order chi connectivity index (χ0) is 13.8. The van der Waals surface area contributed by atoms with Gasteiger partial charge in [0, 0.05) is 12.6 Å². The standard InChI is InChI=1S/C17H26N2O/c1-13-5-4-6-14(10-9-13)18-11-15-12-19-16-7-2-3-8-17(16)20-15/h2-3,7-8,13-15,18-19H,4-6,9-12H2,1H3. The molecule has 3 rings (SSSR count). The van der Waals surface area contributed by atoms with Crippen molar-refractivity contribution < 1.29 is 4.74 Å². The van der Waals surface area contributed by atoms with Gasteiger partial charge in [-0.25, -0.2) is 0 Å². The Labute approximate surface area is 122 Å². The minimum Gasteiger partial charge on any atom is -0.485 e. The first kappa shape index (κ1) is 13.7. The summed E-state index contributed by atoms with van der Waals surface area (Å²) >= 11 is 0. The number of anilines is 1. The number of hydrogen-bond acceptors (Lipinski definition) is 3. The maximum absolute atomic E-state index is 6.05. The molecule has 1 aromatic rings. The number of para-hydroxylation sites is 2. The van der Waals surface area contributed by atoms with Crippen molar-refractivity contribution in [3.8, 4) is 5.75 Å². The largest absolute Gasteiger partial charge is 0.485 e. The molecule has 0 bridgehead atoms. The Morgan fingerprint density at radius 1 is 1.20 bits per heavy atom. The Balaban J connectivity index is 1.48. The second-order valence-corrected chi connectivity index (χ2v) is 6.34. The lowest BCUT2D eigenvalue weighted by Gasteiger charge is -2.29. The Bertz CT molecular complexity index is 435. The Morgan fingerprint density at radius 2 is 2.10 bits per heavy atom. The lowest BCUT2D eigenvalue weighted by molar-refractivity contribution is 0.194. The summed E-state index contributed by atoms with van der Waals surface area (Å²) in [6.45, 7) is 4.22. The van der Waals surface area contributed by atoms with Crippen molar-refractivity contribution in [2.75, 3.05) is 18.4 Å². The first-order valence-electron chi connectivity index (χ1n) is 8.04. The van der Waals surface area contributed by atoms with Crippen LogP contribution in [0.25, 0.3) is 0 Å². The van der Waals surface area contributed by atoms with Crippen LogP contribution in [-0.2, 0) is 0 Å². The number of benzene rings is 1. The van der Waals surface area contributed by atoms with Crippen molar-refractivity contribution in [2.24, 2.45) is 5.92 Å². The Kier molecular flexibility index (Phi) is 4.46. The summed E-state index contributed by atoms with van der Waals surface area (Å²) in [4.78, 5) is 0. The van der Waals surface area contributed by atoms with Crippen LogP contribution in [0.4, 0.5) is 5.69 Å². The predicted molar refractivity (Wildman–Crippen MR) is 83.4 cm³/mol. The molecule has 1 aliphatic heterocycles. The van der Waals surface area contributed by atoms with Gasteiger partial charge in [-0.2, -0.15) is 0 Å². The molecule has 3 heteroatoms. The van der Waals surface area contributed by atoms with Crippen LogP contribution in [-0.4, -0.2) is 25.2 Å². The summed E-state index contributed by atoms with van der Waals surface area (Å²) in [5.74, 6) is 1.89. The van der Waals surface area contributed by atoms with Gasteiger partial charge in [0.15, 0.2) is 0 Å². The molecule has 0 amide bonds. The molecule has 0 saturated heterocycles. The van der Waals surface area contributed by atoms with Gasteiger partial charge in [-0.1, -0.05) is 31.9 Å². The third kappa shape index (κ3) is 3.45. The molecule has 3 nitrogen and oxygen atoms in total. The van der Waals surface area contributed by atoms with E-state index >= 15 is 0 Å². The number of nitrogens with one attached hydrogen (secondary N) is 2. The maximum atomic E-state index is 6.05. The van der Waals surface area contributed by atoms with Crippen LogP contribution in [0.15, 0.2) is 24.3 Å². The first-order chi connectivity index (χ1) is 9.81. The van der Waals surface area contributed by atoms with E-state index in [0.717, 1.165) is 30.4 Å². The van der Waals surface area contributed by atoms with Crippen LogP contribution in [0.1, 0.15) is 39.0 Å². The fourth-order valence-electron chi connectivity index (χ4n) is 3.26. The van der Waals surface area contributed by atoms with E-state index in [0.29, 0.717) is 6.04 Å². The van der Waals surface area contributed by atoms with Crippen LogP contribution < -0.4 is 15.4 Å². The predicted octanol–water partition coefficient (Wildman–Crippen LogP) is 3.42. The van der Waals surface area contributed by atoms with Crippen LogP contribution >= 0.6 is 0 Å². The topological polar surface area (TPSA) is 33.3 Å². The molecular weight excluding hydrogens is 248 g/mol. The zero-order valence-corrected chi connectivity index (χ0v) is 12.4. The normalized spacial score (nSPS) is 29.8. The van der Waals surface area contributed by atoms with E-state index in [9.17, 15) is 0 Å². The molecule has 2 aliphatic rings. The third-order valence-corrected chi connectivity index (χ3v) is 4.59. The Hall–Kier alpha value is -1.22. The molecule has 3 atom stereocenters. The van der Waals surface area contributed by atoms with Gasteiger partial charge in [-0.05, 0) is 37.3 Å². The summed E-state index contributed by atoms with van der Waals surface area (Å²) in [7, 11) is 0. The van der Waals surface area contributed by atoms with Gasteiger partial charge < -0.3 is 15.4 Å². The summed E-state index contributed by atoms with van der Waals surface area (Å²) in [6, 6.07) is 8.87. The van der Waals surface area contributed by atoms with Gasteiger partial charge in [0.2, 0.25) is 0 Å². The Morgan fingerprint density at radius 3 is 3.05 bits per heavy atom. The van der Waals surface area contributed by atoms with Gasteiger partial charge in [-0.3, -0.25) is 0 Å². The van der Waals surface area contributed by atoms with E-state index < -0.39 is 0 Å². The highest BCUT2D eigenvalue weighted by Crippen LogP contribution is 2.28. The smallest absolute Gasteiger partial charge is 0.142 e. The van der Waals surface area contributed by atoms with Crippen molar-refractivity contribution in [3.05, 3.63) is 24.3 Å². The van der Waals surface area contributed by atoms with Crippen LogP contribution in [0, 0.1) is 5.92 Å². The lowest BCUT2D eigenvalue weighted by atomic mass is 10.0. The molecule has 0 radical (unpaired) electrons. The van der Waals surface area contributed by atoms with Crippen LogP contribution in [0.3, 0.4) is 0 Å².